The molecule has 1 aliphatic carbocycles. The van der Waals surface area contributed by atoms with Gasteiger partial charge in [0.2, 0.25) is 0 Å². The minimum Gasteiger partial charge on any atom is -0.381 e. The molecule has 1 aliphatic heterocycles. The molecule has 1 saturated heterocycles. The standard InChI is InChI=1S/C20H29N3OS/c1-20(2,3)19-21-17-12-16(25-22-15-4-5-15)6-7-18(17)23(19)13-14-8-10-24-11-9-14/h6-7,12,14-15,22H,4-5,8-11,13H2,1-3H3. The molecule has 1 aromatic carbocycles. The van der Waals surface area contributed by atoms with E-state index in [1.807, 2.05) is 0 Å². The topological polar surface area (TPSA) is 39.1 Å². The van der Waals surface area contributed by atoms with Crippen molar-refractivity contribution in [2.24, 2.45) is 5.92 Å². The summed E-state index contributed by atoms with van der Waals surface area (Å²) in [4.78, 5) is 6.30. The Morgan fingerprint density at radius 2 is 1.96 bits per heavy atom. The highest BCUT2D eigenvalue weighted by Crippen LogP contribution is 2.32. The molecule has 136 valence electrons. The van der Waals surface area contributed by atoms with Crippen LogP contribution >= 0.6 is 11.9 Å². The average Bonchev–Trinajstić information content (AvgIpc) is 3.34. The van der Waals surface area contributed by atoms with Crippen LogP contribution in [-0.4, -0.2) is 28.8 Å². The smallest absolute Gasteiger partial charge is 0.115 e. The van der Waals surface area contributed by atoms with E-state index in [-0.39, 0.29) is 5.41 Å². The zero-order valence-corrected chi connectivity index (χ0v) is 16.4. The number of nitrogens with one attached hydrogen (secondary N) is 1. The number of fused-ring (bicyclic) bond motifs is 1. The number of aromatic nitrogens is 2. The molecule has 0 unspecified atom stereocenters. The number of ether oxygens (including phenoxy) is 1. The van der Waals surface area contributed by atoms with Crippen molar-refractivity contribution in [2.75, 3.05) is 13.2 Å². The van der Waals surface area contributed by atoms with Crippen molar-refractivity contribution in [1.82, 2.24) is 14.3 Å². The van der Waals surface area contributed by atoms with Crippen LogP contribution in [0.3, 0.4) is 0 Å². The van der Waals surface area contributed by atoms with E-state index in [2.05, 4.69) is 48.3 Å². The fraction of sp³-hybridized carbons (Fsp3) is 0.650. The van der Waals surface area contributed by atoms with Gasteiger partial charge in [0.15, 0.2) is 0 Å². The lowest BCUT2D eigenvalue weighted by molar-refractivity contribution is 0.0611. The normalized spacial score (nSPS) is 19.6. The largest absolute Gasteiger partial charge is 0.381 e. The van der Waals surface area contributed by atoms with Crippen LogP contribution in [-0.2, 0) is 16.7 Å². The van der Waals surface area contributed by atoms with Gasteiger partial charge in [-0.3, -0.25) is 4.72 Å². The minimum atomic E-state index is 0.0454. The van der Waals surface area contributed by atoms with Gasteiger partial charge in [-0.1, -0.05) is 20.8 Å². The number of hydrogen-bond acceptors (Lipinski definition) is 4. The summed E-state index contributed by atoms with van der Waals surface area (Å²) < 4.78 is 11.5. The molecule has 2 aromatic rings. The number of imidazole rings is 1. The Morgan fingerprint density at radius 3 is 2.64 bits per heavy atom. The van der Waals surface area contributed by atoms with E-state index in [1.54, 1.807) is 11.9 Å². The fourth-order valence-corrected chi connectivity index (χ4v) is 4.32. The Labute approximate surface area is 154 Å². The number of nitrogens with zero attached hydrogens (tertiary/aromatic N) is 2. The summed E-state index contributed by atoms with van der Waals surface area (Å²) in [6.45, 7) is 9.64. The molecule has 1 saturated carbocycles. The molecule has 0 bridgehead atoms. The first-order valence-corrected chi connectivity index (χ1v) is 10.3. The summed E-state index contributed by atoms with van der Waals surface area (Å²) in [5.74, 6) is 1.89. The molecule has 1 N–H and O–H groups in total. The van der Waals surface area contributed by atoms with E-state index in [9.17, 15) is 0 Å². The molecule has 4 nitrogen and oxygen atoms in total. The average molecular weight is 360 g/mol. The van der Waals surface area contributed by atoms with Crippen molar-refractivity contribution in [2.45, 2.75) is 69.4 Å². The quantitative estimate of drug-likeness (QED) is 0.797. The lowest BCUT2D eigenvalue weighted by Crippen LogP contribution is -2.25. The van der Waals surface area contributed by atoms with Crippen LogP contribution in [0.5, 0.6) is 0 Å². The first-order valence-electron chi connectivity index (χ1n) is 9.51. The molecular formula is C20H29N3OS. The van der Waals surface area contributed by atoms with Gasteiger partial charge in [-0.15, -0.1) is 0 Å². The Bertz CT molecular complexity index is 739. The monoisotopic (exact) mass is 359 g/mol. The van der Waals surface area contributed by atoms with Crippen molar-refractivity contribution in [3.05, 3.63) is 24.0 Å². The summed E-state index contributed by atoms with van der Waals surface area (Å²) >= 11 is 1.75. The van der Waals surface area contributed by atoms with Gasteiger partial charge in [0.05, 0.1) is 11.0 Å². The van der Waals surface area contributed by atoms with E-state index in [0.717, 1.165) is 38.1 Å². The maximum Gasteiger partial charge on any atom is 0.115 e. The first kappa shape index (κ1) is 17.4. The van der Waals surface area contributed by atoms with Crippen LogP contribution in [0.1, 0.15) is 52.3 Å². The Morgan fingerprint density at radius 1 is 1.20 bits per heavy atom. The van der Waals surface area contributed by atoms with Crippen molar-refractivity contribution >= 4 is 23.0 Å². The molecule has 5 heteroatoms. The highest BCUT2D eigenvalue weighted by atomic mass is 32.2. The van der Waals surface area contributed by atoms with E-state index in [1.165, 1.54) is 29.1 Å². The maximum atomic E-state index is 5.54. The number of hydrogen-bond donors (Lipinski definition) is 1. The molecule has 0 radical (unpaired) electrons. The molecule has 4 rings (SSSR count). The third kappa shape index (κ3) is 4.04. The molecule has 2 heterocycles. The van der Waals surface area contributed by atoms with Crippen LogP contribution in [0.2, 0.25) is 0 Å². The Hall–Kier alpha value is -1.04. The van der Waals surface area contributed by atoms with Crippen molar-refractivity contribution in [1.29, 1.82) is 0 Å². The van der Waals surface area contributed by atoms with E-state index < -0.39 is 0 Å². The van der Waals surface area contributed by atoms with Crippen LogP contribution in [0.25, 0.3) is 11.0 Å². The summed E-state index contributed by atoms with van der Waals surface area (Å²) in [6, 6.07) is 7.44. The van der Waals surface area contributed by atoms with Gasteiger partial charge in [0.25, 0.3) is 0 Å². The van der Waals surface area contributed by atoms with Gasteiger partial charge in [-0.2, -0.15) is 0 Å². The highest BCUT2D eigenvalue weighted by molar-refractivity contribution is 7.97. The van der Waals surface area contributed by atoms with Crippen LogP contribution in [0.4, 0.5) is 0 Å². The molecule has 0 spiro atoms. The summed E-state index contributed by atoms with van der Waals surface area (Å²) in [5.41, 5.74) is 2.44. The van der Waals surface area contributed by atoms with Crippen LogP contribution in [0.15, 0.2) is 23.1 Å². The second kappa shape index (κ2) is 6.93. The third-order valence-electron chi connectivity index (χ3n) is 5.09. The van der Waals surface area contributed by atoms with Gasteiger partial charge in [-0.05, 0) is 61.7 Å². The molecule has 0 amide bonds. The SMILES string of the molecule is CC(C)(C)c1nc2cc(SNC3CC3)ccc2n1CC1CCOCC1. The zero-order chi connectivity index (χ0) is 17.4. The van der Waals surface area contributed by atoms with Gasteiger partial charge >= 0.3 is 0 Å². The predicted molar refractivity (Wildman–Crippen MR) is 104 cm³/mol. The van der Waals surface area contributed by atoms with E-state index in [4.69, 9.17) is 9.72 Å². The van der Waals surface area contributed by atoms with Crippen molar-refractivity contribution in [3.8, 4) is 0 Å². The highest BCUT2D eigenvalue weighted by Gasteiger charge is 2.26. The second-order valence-electron chi connectivity index (χ2n) is 8.50. The number of benzene rings is 1. The molecule has 1 aromatic heterocycles. The summed E-state index contributed by atoms with van der Waals surface area (Å²) in [5, 5.41) is 0. The van der Waals surface area contributed by atoms with Gasteiger partial charge in [-0.25, -0.2) is 4.98 Å². The molecule has 2 fully saturated rings. The lowest BCUT2D eigenvalue weighted by atomic mass is 9.94. The first-order chi connectivity index (χ1) is 12.0. The van der Waals surface area contributed by atoms with E-state index >= 15 is 0 Å². The van der Waals surface area contributed by atoms with Gasteiger partial charge in [0.1, 0.15) is 5.82 Å². The van der Waals surface area contributed by atoms with Crippen molar-refractivity contribution < 1.29 is 4.74 Å². The predicted octanol–water partition coefficient (Wildman–Crippen LogP) is 4.52. The second-order valence-corrected chi connectivity index (χ2v) is 9.41. The van der Waals surface area contributed by atoms with Crippen LogP contribution in [0, 0.1) is 5.92 Å². The summed E-state index contributed by atoms with van der Waals surface area (Å²) in [7, 11) is 0. The maximum absolute atomic E-state index is 5.54. The zero-order valence-electron chi connectivity index (χ0n) is 15.5. The number of rotatable bonds is 5. The lowest BCUT2D eigenvalue weighted by Gasteiger charge is -2.26. The Kier molecular flexibility index (Phi) is 4.82. The van der Waals surface area contributed by atoms with Crippen LogP contribution < -0.4 is 4.72 Å². The van der Waals surface area contributed by atoms with Crippen molar-refractivity contribution in [3.63, 3.8) is 0 Å². The molecule has 25 heavy (non-hydrogen) atoms. The van der Waals surface area contributed by atoms with Gasteiger partial charge < -0.3 is 9.30 Å². The molecule has 2 aliphatic rings. The summed E-state index contributed by atoms with van der Waals surface area (Å²) in [6.07, 6.45) is 4.93. The van der Waals surface area contributed by atoms with E-state index in [0.29, 0.717) is 12.0 Å². The molecular weight excluding hydrogens is 330 g/mol. The molecule has 0 atom stereocenters. The third-order valence-corrected chi connectivity index (χ3v) is 6.03. The fourth-order valence-electron chi connectivity index (χ4n) is 3.47. The minimum absolute atomic E-state index is 0.0454. The van der Waals surface area contributed by atoms with Gasteiger partial charge in [0, 0.05) is 36.1 Å². The Balaban J connectivity index is 1.64.